The highest BCUT2D eigenvalue weighted by Crippen LogP contribution is 2.12. The third kappa shape index (κ3) is 6.42. The Hall–Kier alpha value is -3.35. The smallest absolute Gasteiger partial charge is 0.251 e. The molecule has 0 heterocycles. The van der Waals surface area contributed by atoms with Crippen molar-refractivity contribution in [2.45, 2.75) is 13.8 Å². The number of likely N-dealkylation sites (N-methyl/N-ethyl adjacent to an activating group) is 1. The van der Waals surface area contributed by atoms with Crippen LogP contribution in [0.15, 0.2) is 48.5 Å². The molecule has 7 heteroatoms. The summed E-state index contributed by atoms with van der Waals surface area (Å²) in [5, 5.41) is 5.29. The van der Waals surface area contributed by atoms with Gasteiger partial charge < -0.3 is 20.3 Å². The Morgan fingerprint density at radius 3 is 2.25 bits per heavy atom. The maximum absolute atomic E-state index is 12.2. The normalized spacial score (nSPS) is 10.1. The number of nitrogens with zero attached hydrogens (tertiary/aromatic N) is 1. The van der Waals surface area contributed by atoms with E-state index in [-0.39, 0.29) is 30.8 Å². The zero-order chi connectivity index (χ0) is 20.5. The van der Waals surface area contributed by atoms with Gasteiger partial charge in [-0.3, -0.25) is 14.4 Å². The Bertz CT molecular complexity index is 817. The SMILES string of the molecule is CCOc1ccc(C(=O)NCC(=O)N(C)CC(=O)Nc2ccc(C)cc2)cc1. The summed E-state index contributed by atoms with van der Waals surface area (Å²) in [4.78, 5) is 37.6. The summed E-state index contributed by atoms with van der Waals surface area (Å²) < 4.78 is 5.33. The molecule has 2 N–H and O–H groups in total. The second-order valence-corrected chi connectivity index (χ2v) is 6.30. The van der Waals surface area contributed by atoms with Gasteiger partial charge in [-0.25, -0.2) is 0 Å². The number of amides is 3. The van der Waals surface area contributed by atoms with Crippen LogP contribution in [0.2, 0.25) is 0 Å². The van der Waals surface area contributed by atoms with Crippen molar-refractivity contribution in [1.82, 2.24) is 10.2 Å². The predicted octanol–water partition coefficient (Wildman–Crippen LogP) is 2.22. The molecule has 0 saturated carbocycles. The summed E-state index contributed by atoms with van der Waals surface area (Å²) in [5.41, 5.74) is 2.19. The van der Waals surface area contributed by atoms with Crippen LogP contribution in [0.3, 0.4) is 0 Å². The Morgan fingerprint density at radius 2 is 1.64 bits per heavy atom. The largest absolute Gasteiger partial charge is 0.494 e. The van der Waals surface area contributed by atoms with Gasteiger partial charge in [-0.05, 0) is 50.2 Å². The van der Waals surface area contributed by atoms with Crippen LogP contribution in [0.5, 0.6) is 5.75 Å². The van der Waals surface area contributed by atoms with Crippen LogP contribution >= 0.6 is 0 Å². The Balaban J connectivity index is 1.78. The fraction of sp³-hybridized carbons (Fsp3) is 0.286. The van der Waals surface area contributed by atoms with E-state index in [2.05, 4.69) is 10.6 Å². The van der Waals surface area contributed by atoms with Gasteiger partial charge >= 0.3 is 0 Å². The number of aryl methyl sites for hydroxylation is 1. The lowest BCUT2D eigenvalue weighted by molar-refractivity contribution is -0.132. The van der Waals surface area contributed by atoms with Crippen molar-refractivity contribution in [3.05, 3.63) is 59.7 Å². The van der Waals surface area contributed by atoms with E-state index in [1.54, 1.807) is 36.4 Å². The highest BCUT2D eigenvalue weighted by atomic mass is 16.5. The minimum Gasteiger partial charge on any atom is -0.494 e. The van der Waals surface area contributed by atoms with Gasteiger partial charge in [0, 0.05) is 18.3 Å². The molecule has 2 rings (SSSR count). The van der Waals surface area contributed by atoms with Gasteiger partial charge in [-0.1, -0.05) is 17.7 Å². The number of ether oxygens (including phenoxy) is 1. The molecule has 28 heavy (non-hydrogen) atoms. The van der Waals surface area contributed by atoms with Crippen LogP contribution in [0, 0.1) is 6.92 Å². The first kappa shape index (κ1) is 21.0. The van der Waals surface area contributed by atoms with Crippen molar-refractivity contribution in [1.29, 1.82) is 0 Å². The Kier molecular flexibility index (Phi) is 7.56. The number of nitrogens with one attached hydrogen (secondary N) is 2. The second kappa shape index (κ2) is 10.1. The quantitative estimate of drug-likeness (QED) is 0.732. The van der Waals surface area contributed by atoms with E-state index in [9.17, 15) is 14.4 Å². The van der Waals surface area contributed by atoms with E-state index in [0.717, 1.165) is 5.56 Å². The third-order valence-electron chi connectivity index (χ3n) is 3.97. The average molecular weight is 383 g/mol. The predicted molar refractivity (Wildman–Crippen MR) is 107 cm³/mol. The summed E-state index contributed by atoms with van der Waals surface area (Å²) in [6.45, 7) is 4.08. The molecule has 0 unspecified atom stereocenters. The van der Waals surface area contributed by atoms with Crippen LogP contribution in [0.1, 0.15) is 22.8 Å². The number of hydrogen-bond acceptors (Lipinski definition) is 4. The molecule has 0 fully saturated rings. The first-order chi connectivity index (χ1) is 13.4. The summed E-state index contributed by atoms with van der Waals surface area (Å²) in [6.07, 6.45) is 0. The van der Waals surface area contributed by atoms with Gasteiger partial charge in [-0.15, -0.1) is 0 Å². The molecular weight excluding hydrogens is 358 g/mol. The topological polar surface area (TPSA) is 87.7 Å². The molecule has 0 bridgehead atoms. The molecule has 0 saturated heterocycles. The van der Waals surface area contributed by atoms with Crippen LogP contribution in [0.25, 0.3) is 0 Å². The fourth-order valence-corrected chi connectivity index (χ4v) is 2.40. The summed E-state index contributed by atoms with van der Waals surface area (Å²) >= 11 is 0. The monoisotopic (exact) mass is 383 g/mol. The first-order valence-electron chi connectivity index (χ1n) is 9.00. The van der Waals surface area contributed by atoms with Crippen LogP contribution in [-0.2, 0) is 9.59 Å². The van der Waals surface area contributed by atoms with Crippen molar-refractivity contribution in [3.63, 3.8) is 0 Å². The minimum absolute atomic E-state index is 0.106. The van der Waals surface area contributed by atoms with E-state index in [0.29, 0.717) is 23.6 Å². The third-order valence-corrected chi connectivity index (χ3v) is 3.97. The number of carbonyl (C=O) groups is 3. The van der Waals surface area contributed by atoms with E-state index in [1.165, 1.54) is 11.9 Å². The molecule has 2 aromatic carbocycles. The van der Waals surface area contributed by atoms with Crippen LogP contribution in [-0.4, -0.2) is 49.4 Å². The summed E-state index contributed by atoms with van der Waals surface area (Å²) in [7, 11) is 1.51. The van der Waals surface area contributed by atoms with Gasteiger partial charge in [0.25, 0.3) is 5.91 Å². The molecule has 148 valence electrons. The molecule has 0 aromatic heterocycles. The number of carbonyl (C=O) groups excluding carboxylic acids is 3. The average Bonchev–Trinajstić information content (AvgIpc) is 2.68. The second-order valence-electron chi connectivity index (χ2n) is 6.30. The molecular formula is C21H25N3O4. The van der Waals surface area contributed by atoms with E-state index in [1.807, 2.05) is 26.0 Å². The van der Waals surface area contributed by atoms with Crippen molar-refractivity contribution in [2.24, 2.45) is 0 Å². The van der Waals surface area contributed by atoms with Crippen molar-refractivity contribution < 1.29 is 19.1 Å². The minimum atomic E-state index is -0.367. The van der Waals surface area contributed by atoms with Crippen molar-refractivity contribution in [3.8, 4) is 5.75 Å². The first-order valence-corrected chi connectivity index (χ1v) is 9.00. The van der Waals surface area contributed by atoms with Gasteiger partial charge in [0.05, 0.1) is 19.7 Å². The maximum atomic E-state index is 12.2. The van der Waals surface area contributed by atoms with Crippen molar-refractivity contribution >= 4 is 23.4 Å². The number of benzene rings is 2. The molecule has 0 aliphatic carbocycles. The molecule has 0 radical (unpaired) electrons. The molecule has 0 aliphatic rings. The molecule has 2 aromatic rings. The molecule has 0 spiro atoms. The van der Waals surface area contributed by atoms with Crippen LogP contribution < -0.4 is 15.4 Å². The zero-order valence-corrected chi connectivity index (χ0v) is 16.3. The van der Waals surface area contributed by atoms with Gasteiger partial charge in [0.15, 0.2) is 0 Å². The van der Waals surface area contributed by atoms with E-state index >= 15 is 0 Å². The fourth-order valence-electron chi connectivity index (χ4n) is 2.40. The van der Waals surface area contributed by atoms with E-state index in [4.69, 9.17) is 4.74 Å². The lowest BCUT2D eigenvalue weighted by Crippen LogP contribution is -2.41. The highest BCUT2D eigenvalue weighted by Gasteiger charge is 2.15. The summed E-state index contributed by atoms with van der Waals surface area (Å²) in [6, 6.07) is 14.0. The molecule has 0 atom stereocenters. The molecule has 7 nitrogen and oxygen atoms in total. The molecule has 3 amide bonds. The maximum Gasteiger partial charge on any atom is 0.251 e. The van der Waals surface area contributed by atoms with Gasteiger partial charge in [0.1, 0.15) is 5.75 Å². The zero-order valence-electron chi connectivity index (χ0n) is 16.3. The van der Waals surface area contributed by atoms with Crippen molar-refractivity contribution in [2.75, 3.05) is 32.1 Å². The number of rotatable bonds is 8. The van der Waals surface area contributed by atoms with E-state index < -0.39 is 0 Å². The number of anilines is 1. The van der Waals surface area contributed by atoms with Crippen LogP contribution in [0.4, 0.5) is 5.69 Å². The van der Waals surface area contributed by atoms with Gasteiger partial charge in [0.2, 0.25) is 11.8 Å². The highest BCUT2D eigenvalue weighted by molar-refractivity contribution is 5.98. The Morgan fingerprint density at radius 1 is 1.00 bits per heavy atom. The lowest BCUT2D eigenvalue weighted by Gasteiger charge is -2.17. The Labute approximate surface area is 164 Å². The van der Waals surface area contributed by atoms with Gasteiger partial charge in [-0.2, -0.15) is 0 Å². The lowest BCUT2D eigenvalue weighted by atomic mass is 10.2. The standard InChI is InChI=1S/C21H25N3O4/c1-4-28-18-11-7-16(8-12-18)21(27)22-13-20(26)24(3)14-19(25)23-17-9-5-15(2)6-10-17/h5-12H,4,13-14H2,1-3H3,(H,22,27)(H,23,25). The number of hydrogen-bond donors (Lipinski definition) is 2. The molecule has 0 aliphatic heterocycles. The summed E-state index contributed by atoms with van der Waals surface area (Å²) in [5.74, 6) is -0.362.